The molecule has 0 atom stereocenters. The summed E-state index contributed by atoms with van der Waals surface area (Å²) in [6.07, 6.45) is 0. The second-order valence-electron chi connectivity index (χ2n) is 6.01. The van der Waals surface area contributed by atoms with Crippen molar-refractivity contribution in [3.63, 3.8) is 0 Å². The Balaban J connectivity index is 1.85. The summed E-state index contributed by atoms with van der Waals surface area (Å²) < 4.78 is 0. The Morgan fingerprint density at radius 3 is 0.885 bits per heavy atom. The van der Waals surface area contributed by atoms with E-state index in [0.717, 1.165) is 23.5 Å². The first-order valence-electron chi connectivity index (χ1n) is 7.87. The molecule has 0 radical (unpaired) electrons. The number of phenolic OH excluding ortho intramolecular Hbond substituents is 4. The van der Waals surface area contributed by atoms with E-state index in [1.54, 1.807) is 48.5 Å². The van der Waals surface area contributed by atoms with Crippen LogP contribution in [0.3, 0.4) is 0 Å². The van der Waals surface area contributed by atoms with E-state index >= 15 is 0 Å². The van der Waals surface area contributed by atoms with Crippen LogP contribution in [0.4, 0.5) is 0 Å². The highest BCUT2D eigenvalue weighted by Crippen LogP contribution is 2.62. The van der Waals surface area contributed by atoms with E-state index in [-0.39, 0.29) is 23.0 Å². The van der Waals surface area contributed by atoms with E-state index in [4.69, 9.17) is 0 Å². The van der Waals surface area contributed by atoms with Crippen LogP contribution in [0.15, 0.2) is 68.1 Å². The first-order chi connectivity index (χ1) is 12.6. The average molecular weight is 380 g/mol. The van der Waals surface area contributed by atoms with Gasteiger partial charge in [-0.3, -0.25) is 0 Å². The lowest BCUT2D eigenvalue weighted by molar-refractivity contribution is 0.438. The van der Waals surface area contributed by atoms with Crippen LogP contribution in [-0.2, 0) is 0 Å². The minimum Gasteiger partial charge on any atom is -0.506 e. The predicted octanol–water partition coefficient (Wildman–Crippen LogP) is 5.43. The maximum atomic E-state index is 10.7. The molecular formula is C20H12O4S2. The topological polar surface area (TPSA) is 80.9 Å². The van der Waals surface area contributed by atoms with E-state index < -0.39 is 0 Å². The molecule has 4 nitrogen and oxygen atoms in total. The monoisotopic (exact) mass is 380 g/mol. The van der Waals surface area contributed by atoms with Crippen molar-refractivity contribution in [3.05, 3.63) is 48.5 Å². The summed E-state index contributed by atoms with van der Waals surface area (Å²) in [5.74, 6) is 0.236. The van der Waals surface area contributed by atoms with Crippen LogP contribution >= 0.6 is 23.5 Å². The van der Waals surface area contributed by atoms with Gasteiger partial charge in [-0.1, -0.05) is 72.1 Å². The maximum Gasteiger partial charge on any atom is 0.138 e. The molecular weight excluding hydrogens is 368 g/mol. The first-order valence-corrected chi connectivity index (χ1v) is 9.50. The van der Waals surface area contributed by atoms with Crippen LogP contribution in [-0.4, -0.2) is 20.4 Å². The zero-order chi connectivity index (χ0) is 18.0. The third kappa shape index (κ3) is 1.94. The fourth-order valence-electron chi connectivity index (χ4n) is 3.29. The summed E-state index contributed by atoms with van der Waals surface area (Å²) in [6, 6.07) is 14.1. The van der Waals surface area contributed by atoms with E-state index in [9.17, 15) is 20.4 Å². The molecule has 0 bridgehead atoms. The zero-order valence-electron chi connectivity index (χ0n) is 13.2. The Hall–Kier alpha value is -2.70. The molecule has 4 aromatic carbocycles. The van der Waals surface area contributed by atoms with Gasteiger partial charge in [0, 0.05) is 21.5 Å². The molecule has 6 heteroatoms. The average Bonchev–Trinajstić information content (AvgIpc) is 2.69. The van der Waals surface area contributed by atoms with E-state index in [2.05, 4.69) is 0 Å². The molecule has 0 aromatic heterocycles. The smallest absolute Gasteiger partial charge is 0.138 e. The lowest BCUT2D eigenvalue weighted by atomic mass is 10.1. The summed E-state index contributed by atoms with van der Waals surface area (Å²) in [4.78, 5) is 1.90. The second kappa shape index (κ2) is 5.40. The molecule has 0 aliphatic carbocycles. The van der Waals surface area contributed by atoms with Gasteiger partial charge in [-0.2, -0.15) is 0 Å². The van der Waals surface area contributed by atoms with Crippen molar-refractivity contribution in [1.29, 1.82) is 0 Å². The fourth-order valence-corrected chi connectivity index (χ4v) is 5.79. The Labute approximate surface area is 156 Å². The van der Waals surface area contributed by atoms with Crippen molar-refractivity contribution in [2.24, 2.45) is 0 Å². The molecule has 0 fully saturated rings. The third-order valence-corrected chi connectivity index (χ3v) is 7.22. The van der Waals surface area contributed by atoms with E-state index in [1.807, 2.05) is 0 Å². The van der Waals surface area contributed by atoms with Gasteiger partial charge in [0.2, 0.25) is 0 Å². The number of aromatic hydroxyl groups is 4. The highest BCUT2D eigenvalue weighted by molar-refractivity contribution is 8.05. The molecule has 4 N–H and O–H groups in total. The van der Waals surface area contributed by atoms with Gasteiger partial charge in [0.25, 0.3) is 0 Å². The van der Waals surface area contributed by atoms with Crippen molar-refractivity contribution < 1.29 is 20.4 Å². The van der Waals surface area contributed by atoms with Crippen LogP contribution in [0, 0.1) is 0 Å². The summed E-state index contributed by atoms with van der Waals surface area (Å²) in [5, 5.41) is 45.1. The van der Waals surface area contributed by atoms with Gasteiger partial charge >= 0.3 is 0 Å². The van der Waals surface area contributed by atoms with Gasteiger partial charge in [0.15, 0.2) is 0 Å². The van der Waals surface area contributed by atoms with E-state index in [1.165, 1.54) is 0 Å². The van der Waals surface area contributed by atoms with Gasteiger partial charge in [0.1, 0.15) is 23.0 Å². The molecule has 0 spiro atoms. The SMILES string of the molecule is Oc1c2c(c(O)c3ccccc13)Sc1c(c(O)c3ccccc3c1O)S2. The third-order valence-electron chi connectivity index (χ3n) is 4.56. The number of rotatable bonds is 0. The minimum absolute atomic E-state index is 0.0589. The van der Waals surface area contributed by atoms with Crippen LogP contribution in [0.25, 0.3) is 21.5 Å². The van der Waals surface area contributed by atoms with Gasteiger partial charge < -0.3 is 20.4 Å². The molecule has 4 aromatic rings. The zero-order valence-corrected chi connectivity index (χ0v) is 14.9. The summed E-state index contributed by atoms with van der Waals surface area (Å²) in [5.41, 5.74) is 0. The lowest BCUT2D eigenvalue weighted by Crippen LogP contribution is -1.94. The standard InChI is InChI=1S/C20H12O4S2/c21-13-9-5-1-2-6-10(9)14(22)18-17(13)25-19-15(23)11-7-3-4-8-12(11)16(24)20(19)26-18/h1-8,21-24H. The quantitative estimate of drug-likeness (QED) is 0.268. The van der Waals surface area contributed by atoms with Gasteiger partial charge in [-0.25, -0.2) is 0 Å². The Morgan fingerprint density at radius 1 is 0.423 bits per heavy atom. The number of hydrogen-bond donors (Lipinski definition) is 4. The van der Waals surface area contributed by atoms with Crippen LogP contribution in [0.5, 0.6) is 23.0 Å². The number of hydrogen-bond acceptors (Lipinski definition) is 6. The molecule has 0 amide bonds. The molecule has 0 unspecified atom stereocenters. The molecule has 1 heterocycles. The molecule has 5 rings (SSSR count). The summed E-state index contributed by atoms with van der Waals surface area (Å²) >= 11 is 2.31. The fraction of sp³-hybridized carbons (Fsp3) is 0. The largest absolute Gasteiger partial charge is 0.506 e. The van der Waals surface area contributed by atoms with Gasteiger partial charge in [-0.05, 0) is 0 Å². The number of phenols is 4. The number of benzene rings is 4. The number of fused-ring (bicyclic) bond motifs is 4. The van der Waals surface area contributed by atoms with Crippen molar-refractivity contribution in [3.8, 4) is 23.0 Å². The van der Waals surface area contributed by atoms with Crippen molar-refractivity contribution >= 4 is 45.1 Å². The Bertz CT molecular complexity index is 1040. The molecule has 0 saturated carbocycles. The van der Waals surface area contributed by atoms with Crippen LogP contribution < -0.4 is 0 Å². The summed E-state index contributed by atoms with van der Waals surface area (Å²) in [6.45, 7) is 0. The Morgan fingerprint density at radius 2 is 0.654 bits per heavy atom. The highest BCUT2D eigenvalue weighted by Gasteiger charge is 2.31. The maximum absolute atomic E-state index is 10.7. The molecule has 1 aliphatic heterocycles. The lowest BCUT2D eigenvalue weighted by Gasteiger charge is -2.24. The molecule has 0 saturated heterocycles. The molecule has 1 aliphatic rings. The Kier molecular flexibility index (Phi) is 3.23. The van der Waals surface area contributed by atoms with Crippen molar-refractivity contribution in [2.75, 3.05) is 0 Å². The van der Waals surface area contributed by atoms with Crippen LogP contribution in [0.2, 0.25) is 0 Å². The predicted molar refractivity (Wildman–Crippen MR) is 103 cm³/mol. The second-order valence-corrected chi connectivity index (χ2v) is 8.05. The first kappa shape index (κ1) is 15.5. The van der Waals surface area contributed by atoms with E-state index in [0.29, 0.717) is 41.1 Å². The van der Waals surface area contributed by atoms with Gasteiger partial charge in [0.05, 0.1) is 19.6 Å². The highest BCUT2D eigenvalue weighted by atomic mass is 32.2. The van der Waals surface area contributed by atoms with Crippen molar-refractivity contribution in [1.82, 2.24) is 0 Å². The van der Waals surface area contributed by atoms with Gasteiger partial charge in [-0.15, -0.1) is 0 Å². The molecule has 128 valence electrons. The normalized spacial score (nSPS) is 12.9. The molecule has 26 heavy (non-hydrogen) atoms. The summed E-state index contributed by atoms with van der Waals surface area (Å²) in [7, 11) is 0. The van der Waals surface area contributed by atoms with Crippen LogP contribution in [0.1, 0.15) is 0 Å². The minimum atomic E-state index is 0.0589. The van der Waals surface area contributed by atoms with Crippen molar-refractivity contribution in [2.45, 2.75) is 19.6 Å².